The van der Waals surface area contributed by atoms with Crippen LogP contribution in [0.3, 0.4) is 0 Å². The predicted octanol–water partition coefficient (Wildman–Crippen LogP) is 3.28. The number of para-hydroxylation sites is 2. The first-order valence-corrected chi connectivity index (χ1v) is 5.60. The first kappa shape index (κ1) is 10.7. The molecule has 0 spiro atoms. The minimum absolute atomic E-state index is 0.195. The van der Waals surface area contributed by atoms with Crippen LogP contribution in [-0.2, 0) is 7.05 Å². The van der Waals surface area contributed by atoms with Gasteiger partial charge in [0.15, 0.2) is 0 Å². The topological polar surface area (TPSA) is 17.8 Å². The second-order valence-corrected chi connectivity index (χ2v) is 4.65. The standard InChI is InChI=1S/C11H11BF3N2/c1-17-10-5-3-2-4-9(10)16-11(17)7-6-8(7)12(13,14)15/h2-5,7-8H,6H2,1H3/q-1/t7-,8+/m1/s1. The third-order valence-electron chi connectivity index (χ3n) is 3.48. The normalized spacial score (nSPS) is 24.2. The van der Waals surface area contributed by atoms with E-state index in [9.17, 15) is 12.9 Å². The lowest BCUT2D eigenvalue weighted by molar-refractivity contribution is 0.462. The molecule has 2 aromatic rings. The van der Waals surface area contributed by atoms with Gasteiger partial charge < -0.3 is 17.5 Å². The lowest BCUT2D eigenvalue weighted by Crippen LogP contribution is -2.16. The molecule has 1 aliphatic rings. The van der Waals surface area contributed by atoms with Crippen LogP contribution in [0.2, 0.25) is 5.82 Å². The molecule has 1 aliphatic carbocycles. The number of hydrogen-bond donors (Lipinski definition) is 0. The second-order valence-electron chi connectivity index (χ2n) is 4.65. The zero-order valence-corrected chi connectivity index (χ0v) is 9.28. The van der Waals surface area contributed by atoms with Crippen molar-refractivity contribution in [3.63, 3.8) is 0 Å². The van der Waals surface area contributed by atoms with Crippen LogP contribution in [0.25, 0.3) is 11.0 Å². The van der Waals surface area contributed by atoms with Crippen LogP contribution in [0.15, 0.2) is 24.3 Å². The summed E-state index contributed by atoms with van der Waals surface area (Å²) in [5.41, 5.74) is 1.66. The van der Waals surface area contributed by atoms with E-state index in [4.69, 9.17) is 0 Å². The number of hydrogen-bond acceptors (Lipinski definition) is 1. The van der Waals surface area contributed by atoms with Crippen molar-refractivity contribution < 1.29 is 12.9 Å². The highest BCUT2D eigenvalue weighted by Gasteiger charge is 2.52. The molecule has 1 saturated carbocycles. The summed E-state index contributed by atoms with van der Waals surface area (Å²) < 4.78 is 39.5. The Labute approximate surface area is 96.5 Å². The van der Waals surface area contributed by atoms with Crippen molar-refractivity contribution in [1.29, 1.82) is 0 Å². The zero-order valence-electron chi connectivity index (χ0n) is 9.28. The summed E-state index contributed by atoms with van der Waals surface area (Å²) in [5, 5.41) is 0. The van der Waals surface area contributed by atoms with E-state index < -0.39 is 18.7 Å². The average Bonchev–Trinajstić information content (AvgIpc) is 3.00. The van der Waals surface area contributed by atoms with Gasteiger partial charge in [-0.05, 0) is 18.1 Å². The number of benzene rings is 1. The Kier molecular flexibility index (Phi) is 2.06. The fraction of sp³-hybridized carbons (Fsp3) is 0.364. The number of imidazole rings is 1. The lowest BCUT2D eigenvalue weighted by Gasteiger charge is -2.12. The van der Waals surface area contributed by atoms with Crippen molar-refractivity contribution in [3.8, 4) is 0 Å². The Morgan fingerprint density at radius 2 is 2.00 bits per heavy atom. The van der Waals surface area contributed by atoms with Crippen molar-refractivity contribution in [2.45, 2.75) is 18.2 Å². The van der Waals surface area contributed by atoms with Crippen LogP contribution in [-0.4, -0.2) is 16.5 Å². The van der Waals surface area contributed by atoms with E-state index >= 15 is 0 Å². The Morgan fingerprint density at radius 3 is 2.59 bits per heavy atom. The summed E-state index contributed by atoms with van der Waals surface area (Å²) in [6.45, 7) is -4.72. The summed E-state index contributed by atoms with van der Waals surface area (Å²) in [7, 11) is 1.78. The van der Waals surface area contributed by atoms with E-state index in [2.05, 4.69) is 4.98 Å². The fourth-order valence-electron chi connectivity index (χ4n) is 2.43. The maximum absolute atomic E-state index is 12.6. The van der Waals surface area contributed by atoms with E-state index in [1.165, 1.54) is 0 Å². The second kappa shape index (κ2) is 3.27. The largest absolute Gasteiger partial charge is 0.482 e. The van der Waals surface area contributed by atoms with Crippen LogP contribution in [0.1, 0.15) is 18.2 Å². The summed E-state index contributed by atoms with van der Waals surface area (Å²) in [5.74, 6) is -1.02. The Morgan fingerprint density at radius 1 is 1.29 bits per heavy atom. The Bertz CT molecular complexity index is 576. The fourth-order valence-corrected chi connectivity index (χ4v) is 2.43. The summed E-state index contributed by atoms with van der Waals surface area (Å²) in [6, 6.07) is 7.42. The van der Waals surface area contributed by atoms with Crippen molar-refractivity contribution in [1.82, 2.24) is 9.55 Å². The highest BCUT2D eigenvalue weighted by molar-refractivity contribution is 6.61. The quantitative estimate of drug-likeness (QED) is 0.735. The molecule has 0 aliphatic heterocycles. The number of rotatable bonds is 2. The maximum Gasteiger partial charge on any atom is 0.482 e. The average molecular weight is 239 g/mol. The summed E-state index contributed by atoms with van der Waals surface area (Å²) in [6.07, 6.45) is 0.195. The molecule has 2 atom stereocenters. The lowest BCUT2D eigenvalue weighted by atomic mass is 9.82. The van der Waals surface area contributed by atoms with Gasteiger partial charge in [-0.15, -0.1) is 0 Å². The van der Waals surface area contributed by atoms with Crippen LogP contribution < -0.4 is 0 Å². The summed E-state index contributed by atoms with van der Waals surface area (Å²) in [4.78, 5) is 4.31. The van der Waals surface area contributed by atoms with Gasteiger partial charge in [0.2, 0.25) is 0 Å². The summed E-state index contributed by atoms with van der Waals surface area (Å²) >= 11 is 0. The smallest absolute Gasteiger partial charge is 0.449 e. The maximum atomic E-state index is 12.6. The van der Waals surface area contributed by atoms with Crippen LogP contribution in [0, 0.1) is 0 Å². The third-order valence-corrected chi connectivity index (χ3v) is 3.48. The molecule has 1 aromatic carbocycles. The Hall–Kier alpha value is -1.46. The number of halogens is 3. The molecule has 1 fully saturated rings. The molecule has 0 N–H and O–H groups in total. The van der Waals surface area contributed by atoms with E-state index in [0.717, 1.165) is 11.0 Å². The first-order valence-electron chi connectivity index (χ1n) is 5.60. The molecular formula is C11H11BF3N2-. The van der Waals surface area contributed by atoms with E-state index in [-0.39, 0.29) is 6.42 Å². The van der Waals surface area contributed by atoms with Gasteiger partial charge in [0.25, 0.3) is 0 Å². The van der Waals surface area contributed by atoms with Crippen molar-refractivity contribution in [3.05, 3.63) is 30.1 Å². The molecule has 6 heteroatoms. The van der Waals surface area contributed by atoms with Gasteiger partial charge in [-0.1, -0.05) is 24.4 Å². The minimum atomic E-state index is -4.72. The SMILES string of the molecule is Cn1c([C@@H]2C[C@@H]2[B-](F)(F)F)nc2ccccc21. The van der Waals surface area contributed by atoms with Gasteiger partial charge >= 0.3 is 6.98 Å². The molecule has 0 saturated heterocycles. The van der Waals surface area contributed by atoms with Gasteiger partial charge in [0.05, 0.1) is 11.0 Å². The molecule has 0 bridgehead atoms. The molecule has 90 valence electrons. The molecule has 2 nitrogen and oxygen atoms in total. The molecule has 0 unspecified atom stereocenters. The minimum Gasteiger partial charge on any atom is -0.449 e. The molecule has 0 radical (unpaired) electrons. The number of aromatic nitrogens is 2. The highest BCUT2D eigenvalue weighted by Crippen LogP contribution is 2.59. The molecule has 17 heavy (non-hydrogen) atoms. The molecule has 3 rings (SSSR count). The molecule has 1 aromatic heterocycles. The van der Waals surface area contributed by atoms with Crippen molar-refractivity contribution >= 4 is 18.0 Å². The molecular weight excluding hydrogens is 228 g/mol. The predicted molar refractivity (Wildman–Crippen MR) is 60.9 cm³/mol. The van der Waals surface area contributed by atoms with Gasteiger partial charge in [0.1, 0.15) is 5.82 Å². The monoisotopic (exact) mass is 239 g/mol. The Balaban J connectivity index is 2.01. The zero-order chi connectivity index (χ0) is 12.2. The van der Waals surface area contributed by atoms with Crippen LogP contribution in [0.4, 0.5) is 12.9 Å². The van der Waals surface area contributed by atoms with Crippen molar-refractivity contribution in [2.75, 3.05) is 0 Å². The number of nitrogens with zero attached hydrogens (tertiary/aromatic N) is 2. The number of aryl methyl sites for hydroxylation is 1. The van der Waals surface area contributed by atoms with Gasteiger partial charge in [-0.2, -0.15) is 0 Å². The van der Waals surface area contributed by atoms with Crippen molar-refractivity contribution in [2.24, 2.45) is 7.05 Å². The molecule has 0 amide bonds. The van der Waals surface area contributed by atoms with Gasteiger partial charge in [-0.3, -0.25) is 0 Å². The molecule has 1 heterocycles. The van der Waals surface area contributed by atoms with Crippen LogP contribution in [0.5, 0.6) is 0 Å². The number of fused-ring (bicyclic) bond motifs is 1. The highest BCUT2D eigenvalue weighted by atomic mass is 19.4. The first-order chi connectivity index (χ1) is 7.98. The van der Waals surface area contributed by atoms with E-state index in [1.807, 2.05) is 24.3 Å². The third kappa shape index (κ3) is 1.62. The van der Waals surface area contributed by atoms with E-state index in [0.29, 0.717) is 5.82 Å². The van der Waals surface area contributed by atoms with Gasteiger partial charge in [-0.25, -0.2) is 4.98 Å². The van der Waals surface area contributed by atoms with Crippen LogP contribution >= 0.6 is 0 Å². The van der Waals surface area contributed by atoms with Gasteiger partial charge in [0, 0.05) is 7.05 Å². The van der Waals surface area contributed by atoms with E-state index in [1.54, 1.807) is 11.6 Å².